The van der Waals surface area contributed by atoms with Crippen molar-refractivity contribution >= 4 is 0 Å². The average Bonchev–Trinajstić information content (AvgIpc) is 2.42. The Morgan fingerprint density at radius 3 is 2.44 bits per heavy atom. The number of nitrogens with one attached hydrogen (secondary N) is 1. The molecule has 1 aromatic carbocycles. The van der Waals surface area contributed by atoms with Crippen molar-refractivity contribution in [3.8, 4) is 5.75 Å². The molecule has 3 nitrogen and oxygen atoms in total. The highest BCUT2D eigenvalue weighted by Gasteiger charge is 1.93. The van der Waals surface area contributed by atoms with E-state index >= 15 is 0 Å². The second kappa shape index (κ2) is 11.1. The van der Waals surface area contributed by atoms with Crippen LogP contribution >= 0.6 is 0 Å². The van der Waals surface area contributed by atoms with E-state index in [2.05, 4.69) is 5.32 Å². The van der Waals surface area contributed by atoms with E-state index in [1.54, 1.807) is 0 Å². The molecule has 0 bridgehead atoms. The molecule has 0 amide bonds. The van der Waals surface area contributed by atoms with E-state index in [1.165, 1.54) is 19.3 Å². The summed E-state index contributed by atoms with van der Waals surface area (Å²) in [5, 5.41) is 3.15. The molecule has 1 aromatic rings. The normalized spacial score (nSPS) is 10.5. The van der Waals surface area contributed by atoms with Crippen LogP contribution in [0.1, 0.15) is 25.7 Å². The molecule has 0 aromatic heterocycles. The molecule has 0 aliphatic carbocycles. The Bertz CT molecular complexity index is 277. The molecular weight excluding hydrogens is 226 g/mol. The Labute approximate surface area is 110 Å². The standard InChI is InChI=1S/C15H25NO2/c1-16-11-7-2-3-8-12-17-13-14-18-15-9-5-4-6-10-15/h4-6,9-10,16H,2-3,7-8,11-14H2,1H3. The third kappa shape index (κ3) is 8.09. The molecule has 1 rings (SSSR count). The Balaban J connectivity index is 1.82. The van der Waals surface area contributed by atoms with Gasteiger partial charge in [-0.05, 0) is 38.6 Å². The highest BCUT2D eigenvalue weighted by Crippen LogP contribution is 2.07. The summed E-state index contributed by atoms with van der Waals surface area (Å²) in [6.45, 7) is 3.26. The van der Waals surface area contributed by atoms with Crippen molar-refractivity contribution in [1.29, 1.82) is 0 Å². The highest BCUT2D eigenvalue weighted by molar-refractivity contribution is 5.20. The van der Waals surface area contributed by atoms with Crippen molar-refractivity contribution in [1.82, 2.24) is 5.32 Å². The second-order valence-corrected chi connectivity index (χ2v) is 4.29. The number of para-hydroxylation sites is 1. The van der Waals surface area contributed by atoms with Crippen LogP contribution < -0.4 is 10.1 Å². The van der Waals surface area contributed by atoms with Crippen molar-refractivity contribution < 1.29 is 9.47 Å². The summed E-state index contributed by atoms with van der Waals surface area (Å²) in [6, 6.07) is 9.85. The minimum Gasteiger partial charge on any atom is -0.491 e. The SMILES string of the molecule is CNCCCCCCOCCOc1ccccc1. The zero-order valence-electron chi connectivity index (χ0n) is 11.4. The van der Waals surface area contributed by atoms with E-state index in [1.807, 2.05) is 37.4 Å². The van der Waals surface area contributed by atoms with Crippen LogP contribution in [0.5, 0.6) is 5.75 Å². The summed E-state index contributed by atoms with van der Waals surface area (Å²) in [7, 11) is 2.00. The summed E-state index contributed by atoms with van der Waals surface area (Å²) >= 11 is 0. The van der Waals surface area contributed by atoms with Crippen molar-refractivity contribution in [2.24, 2.45) is 0 Å². The van der Waals surface area contributed by atoms with E-state index in [4.69, 9.17) is 9.47 Å². The molecule has 102 valence electrons. The van der Waals surface area contributed by atoms with Crippen LogP contribution in [0.2, 0.25) is 0 Å². The first-order chi connectivity index (χ1) is 8.93. The Morgan fingerprint density at radius 2 is 1.67 bits per heavy atom. The minimum atomic E-state index is 0.629. The molecule has 0 radical (unpaired) electrons. The molecular formula is C15H25NO2. The predicted molar refractivity (Wildman–Crippen MR) is 75.2 cm³/mol. The van der Waals surface area contributed by atoms with Gasteiger partial charge in [-0.1, -0.05) is 31.0 Å². The van der Waals surface area contributed by atoms with Gasteiger partial charge in [-0.15, -0.1) is 0 Å². The lowest BCUT2D eigenvalue weighted by molar-refractivity contribution is 0.0971. The Hall–Kier alpha value is -1.06. The summed E-state index contributed by atoms with van der Waals surface area (Å²) in [5.41, 5.74) is 0. The predicted octanol–water partition coefficient (Wildman–Crippen LogP) is 2.86. The molecule has 0 saturated carbocycles. The lowest BCUT2D eigenvalue weighted by Crippen LogP contribution is -2.08. The number of hydrogen-bond acceptors (Lipinski definition) is 3. The molecule has 0 spiro atoms. The van der Waals surface area contributed by atoms with E-state index in [0.29, 0.717) is 13.2 Å². The third-order valence-corrected chi connectivity index (χ3v) is 2.71. The number of hydrogen-bond donors (Lipinski definition) is 1. The van der Waals surface area contributed by atoms with Crippen LogP contribution in [0.25, 0.3) is 0 Å². The molecule has 0 heterocycles. The van der Waals surface area contributed by atoms with Crippen molar-refractivity contribution in [2.45, 2.75) is 25.7 Å². The number of rotatable bonds is 11. The fraction of sp³-hybridized carbons (Fsp3) is 0.600. The van der Waals surface area contributed by atoms with Gasteiger partial charge in [0.2, 0.25) is 0 Å². The lowest BCUT2D eigenvalue weighted by atomic mass is 10.2. The maximum atomic E-state index is 5.53. The van der Waals surface area contributed by atoms with Crippen LogP contribution in [-0.4, -0.2) is 33.4 Å². The van der Waals surface area contributed by atoms with Crippen molar-refractivity contribution in [2.75, 3.05) is 33.4 Å². The van der Waals surface area contributed by atoms with E-state index in [-0.39, 0.29) is 0 Å². The minimum absolute atomic E-state index is 0.629. The third-order valence-electron chi connectivity index (χ3n) is 2.71. The molecule has 0 unspecified atom stereocenters. The molecule has 3 heteroatoms. The first-order valence-electron chi connectivity index (χ1n) is 6.83. The molecule has 18 heavy (non-hydrogen) atoms. The van der Waals surface area contributed by atoms with Gasteiger partial charge in [0.1, 0.15) is 12.4 Å². The van der Waals surface area contributed by atoms with Gasteiger partial charge in [0, 0.05) is 6.61 Å². The maximum Gasteiger partial charge on any atom is 0.119 e. The zero-order valence-corrected chi connectivity index (χ0v) is 11.4. The Kier molecular flexibility index (Phi) is 9.21. The summed E-state index contributed by atoms with van der Waals surface area (Å²) < 4.78 is 11.1. The van der Waals surface area contributed by atoms with Gasteiger partial charge in [-0.2, -0.15) is 0 Å². The fourth-order valence-corrected chi connectivity index (χ4v) is 1.70. The molecule has 0 atom stereocenters. The van der Waals surface area contributed by atoms with Gasteiger partial charge in [0.25, 0.3) is 0 Å². The van der Waals surface area contributed by atoms with Gasteiger partial charge in [-0.25, -0.2) is 0 Å². The molecule has 0 fully saturated rings. The monoisotopic (exact) mass is 251 g/mol. The highest BCUT2D eigenvalue weighted by atomic mass is 16.5. The lowest BCUT2D eigenvalue weighted by Gasteiger charge is -2.07. The largest absolute Gasteiger partial charge is 0.491 e. The van der Waals surface area contributed by atoms with Crippen LogP contribution in [0.4, 0.5) is 0 Å². The Morgan fingerprint density at radius 1 is 0.889 bits per heavy atom. The summed E-state index contributed by atoms with van der Waals surface area (Å²) in [5.74, 6) is 0.910. The van der Waals surface area contributed by atoms with E-state index in [9.17, 15) is 0 Å². The number of ether oxygens (including phenoxy) is 2. The number of unbranched alkanes of at least 4 members (excludes halogenated alkanes) is 3. The van der Waals surface area contributed by atoms with E-state index < -0.39 is 0 Å². The summed E-state index contributed by atoms with van der Waals surface area (Å²) in [4.78, 5) is 0. The first kappa shape index (κ1) is 15.0. The first-order valence-corrected chi connectivity index (χ1v) is 6.83. The molecule has 0 saturated heterocycles. The quantitative estimate of drug-likeness (QED) is 0.613. The number of benzene rings is 1. The smallest absolute Gasteiger partial charge is 0.119 e. The second-order valence-electron chi connectivity index (χ2n) is 4.29. The van der Waals surface area contributed by atoms with Gasteiger partial charge in [-0.3, -0.25) is 0 Å². The van der Waals surface area contributed by atoms with Gasteiger partial charge in [0.15, 0.2) is 0 Å². The zero-order chi connectivity index (χ0) is 12.9. The van der Waals surface area contributed by atoms with Crippen LogP contribution in [0.15, 0.2) is 30.3 Å². The van der Waals surface area contributed by atoms with Gasteiger partial charge >= 0.3 is 0 Å². The van der Waals surface area contributed by atoms with Crippen LogP contribution in [0, 0.1) is 0 Å². The van der Waals surface area contributed by atoms with Crippen LogP contribution in [-0.2, 0) is 4.74 Å². The van der Waals surface area contributed by atoms with E-state index in [0.717, 1.165) is 25.3 Å². The fourth-order valence-electron chi connectivity index (χ4n) is 1.70. The maximum absolute atomic E-state index is 5.53. The average molecular weight is 251 g/mol. The topological polar surface area (TPSA) is 30.5 Å². The molecule has 0 aliphatic rings. The van der Waals surface area contributed by atoms with Crippen molar-refractivity contribution in [3.05, 3.63) is 30.3 Å². The summed E-state index contributed by atoms with van der Waals surface area (Å²) in [6.07, 6.45) is 4.94. The molecule has 0 aliphatic heterocycles. The van der Waals surface area contributed by atoms with Crippen molar-refractivity contribution in [3.63, 3.8) is 0 Å². The van der Waals surface area contributed by atoms with Gasteiger partial charge in [0.05, 0.1) is 6.61 Å². The van der Waals surface area contributed by atoms with Crippen LogP contribution in [0.3, 0.4) is 0 Å². The molecule has 1 N–H and O–H groups in total. The van der Waals surface area contributed by atoms with Gasteiger partial charge < -0.3 is 14.8 Å².